The molecule has 0 aromatic heterocycles. The van der Waals surface area contributed by atoms with Crippen LogP contribution in [0.25, 0.3) is 0 Å². The van der Waals surface area contributed by atoms with Crippen LogP contribution < -0.4 is 17.2 Å². The van der Waals surface area contributed by atoms with Crippen molar-refractivity contribution in [1.82, 2.24) is 0 Å². The molecule has 4 heteroatoms. The second kappa shape index (κ2) is 12.0. The molecule has 4 nitrogen and oxygen atoms in total. The number of fused-ring (bicyclic) bond motifs is 1. The van der Waals surface area contributed by atoms with Gasteiger partial charge in [0, 0.05) is 0 Å². The molecule has 1 aromatic carbocycles. The molecule has 0 spiro atoms. The summed E-state index contributed by atoms with van der Waals surface area (Å²) >= 11 is 0. The summed E-state index contributed by atoms with van der Waals surface area (Å²) in [5.74, 6) is 0.403. The van der Waals surface area contributed by atoms with Gasteiger partial charge < -0.3 is 22.3 Å². The fourth-order valence-electron chi connectivity index (χ4n) is 1.56. The van der Waals surface area contributed by atoms with E-state index in [1.165, 1.54) is 45.1 Å². The monoisotopic (exact) mass is 227 g/mol. The number of hydrogen-bond donors (Lipinski definition) is 4. The van der Waals surface area contributed by atoms with Gasteiger partial charge in [-0.3, -0.25) is 0 Å². The summed E-state index contributed by atoms with van der Waals surface area (Å²) in [6.07, 6.45) is 3.58. The second-order valence-corrected chi connectivity index (χ2v) is 2.81. The third-order valence-corrected chi connectivity index (χ3v) is 2.08. The third kappa shape index (κ3) is 5.70. The average molecular weight is 227 g/mol. The molecule has 1 aromatic rings. The van der Waals surface area contributed by atoms with Crippen molar-refractivity contribution < 1.29 is 5.11 Å². The van der Waals surface area contributed by atoms with Crippen LogP contribution in [0.2, 0.25) is 0 Å². The molecule has 0 atom stereocenters. The van der Waals surface area contributed by atoms with E-state index in [0.29, 0.717) is 5.75 Å². The van der Waals surface area contributed by atoms with Gasteiger partial charge in [-0.15, -0.1) is 0 Å². The Morgan fingerprint density at radius 2 is 1.38 bits per heavy atom. The average Bonchev–Trinajstić information content (AvgIpc) is 2.84. The zero-order valence-electron chi connectivity index (χ0n) is 10.5. The van der Waals surface area contributed by atoms with Gasteiger partial charge in [-0.2, -0.15) is 0 Å². The molecular formula is C12H25N3O. The number of aromatic hydroxyl groups is 1. The minimum absolute atomic E-state index is 0.403. The number of phenols is 1. The highest BCUT2D eigenvalue weighted by atomic mass is 16.3. The van der Waals surface area contributed by atoms with Gasteiger partial charge in [-0.25, -0.2) is 0 Å². The van der Waals surface area contributed by atoms with Gasteiger partial charge in [0.2, 0.25) is 0 Å². The van der Waals surface area contributed by atoms with Crippen LogP contribution in [0.15, 0.2) is 18.2 Å². The molecule has 7 N–H and O–H groups in total. The fraction of sp³-hybridized carbons (Fsp3) is 0.500. The molecule has 0 aliphatic heterocycles. The van der Waals surface area contributed by atoms with E-state index in [0.717, 1.165) is 6.42 Å². The fourth-order valence-corrected chi connectivity index (χ4v) is 1.56. The first-order chi connectivity index (χ1) is 7.86. The van der Waals surface area contributed by atoms with Crippen LogP contribution in [-0.2, 0) is 12.8 Å². The molecule has 0 fully saturated rings. The highest BCUT2D eigenvalue weighted by molar-refractivity contribution is 5.37. The van der Waals surface area contributed by atoms with E-state index >= 15 is 0 Å². The maximum absolute atomic E-state index is 9.10. The first kappa shape index (κ1) is 17.3. The number of aryl methyl sites for hydroxylation is 2. The number of rotatable bonds is 0. The van der Waals surface area contributed by atoms with Crippen LogP contribution in [0.5, 0.6) is 5.75 Å². The summed E-state index contributed by atoms with van der Waals surface area (Å²) in [5.41, 5.74) is 16.2. The van der Waals surface area contributed by atoms with Crippen LogP contribution in [-0.4, -0.2) is 26.2 Å². The lowest BCUT2D eigenvalue weighted by atomic mass is 10.1. The van der Waals surface area contributed by atoms with E-state index < -0.39 is 0 Å². The highest BCUT2D eigenvalue weighted by Gasteiger charge is 2.09. The lowest BCUT2D eigenvalue weighted by molar-refractivity contribution is 0.474. The van der Waals surface area contributed by atoms with Crippen LogP contribution in [0, 0.1) is 0 Å². The van der Waals surface area contributed by atoms with Gasteiger partial charge >= 0.3 is 0 Å². The smallest absolute Gasteiger partial charge is 0.115 e. The second-order valence-electron chi connectivity index (χ2n) is 2.81. The minimum atomic E-state index is 0.403. The largest absolute Gasteiger partial charge is 0.508 e. The van der Waals surface area contributed by atoms with E-state index in [1.807, 2.05) is 12.1 Å². The minimum Gasteiger partial charge on any atom is -0.508 e. The van der Waals surface area contributed by atoms with Crippen molar-refractivity contribution >= 4 is 0 Å². The van der Waals surface area contributed by atoms with E-state index in [4.69, 9.17) is 5.11 Å². The van der Waals surface area contributed by atoms with Gasteiger partial charge in [-0.05, 0) is 63.7 Å². The summed E-state index contributed by atoms with van der Waals surface area (Å²) in [5, 5.41) is 9.10. The molecule has 0 unspecified atom stereocenters. The molecule has 0 bridgehead atoms. The standard InChI is InChI=1S/C9H10O.3CH5N/c10-9-5-4-7-2-1-3-8(7)6-9;3*1-2/h4-6,10H,1-3H2;3*2H2,1H3. The molecule has 0 amide bonds. The molecule has 94 valence electrons. The van der Waals surface area contributed by atoms with Crippen molar-refractivity contribution in [3.8, 4) is 5.75 Å². The molecule has 1 aliphatic carbocycles. The quantitative estimate of drug-likeness (QED) is 0.522. The first-order valence-electron chi connectivity index (χ1n) is 5.40. The van der Waals surface area contributed by atoms with Gasteiger partial charge in [0.1, 0.15) is 5.75 Å². The molecule has 0 saturated carbocycles. The summed E-state index contributed by atoms with van der Waals surface area (Å²) in [6, 6.07) is 5.67. The van der Waals surface area contributed by atoms with Crippen LogP contribution >= 0.6 is 0 Å². The van der Waals surface area contributed by atoms with Gasteiger partial charge in [0.05, 0.1) is 0 Å². The van der Waals surface area contributed by atoms with Crippen LogP contribution in [0.4, 0.5) is 0 Å². The Balaban J connectivity index is 0. The Labute approximate surface area is 98.4 Å². The predicted molar refractivity (Wildman–Crippen MR) is 70.5 cm³/mol. The molecule has 0 saturated heterocycles. The lowest BCUT2D eigenvalue weighted by Gasteiger charge is -1.97. The number of phenolic OH excluding ortho intramolecular Hbond substituents is 1. The molecule has 2 rings (SSSR count). The van der Waals surface area contributed by atoms with Gasteiger partial charge in [0.15, 0.2) is 0 Å². The third-order valence-electron chi connectivity index (χ3n) is 2.08. The number of benzene rings is 1. The molecule has 1 aliphatic rings. The highest BCUT2D eigenvalue weighted by Crippen LogP contribution is 2.24. The van der Waals surface area contributed by atoms with Crippen molar-refractivity contribution in [2.24, 2.45) is 17.2 Å². The number of nitrogens with two attached hydrogens (primary N) is 3. The summed E-state index contributed by atoms with van der Waals surface area (Å²) < 4.78 is 0. The molecule has 16 heavy (non-hydrogen) atoms. The van der Waals surface area contributed by atoms with Crippen LogP contribution in [0.3, 0.4) is 0 Å². The Morgan fingerprint density at radius 3 is 1.94 bits per heavy atom. The van der Waals surface area contributed by atoms with E-state index in [-0.39, 0.29) is 0 Å². The van der Waals surface area contributed by atoms with Crippen molar-refractivity contribution in [1.29, 1.82) is 0 Å². The Morgan fingerprint density at radius 1 is 0.875 bits per heavy atom. The maximum Gasteiger partial charge on any atom is 0.115 e. The Bertz CT molecular complexity index is 264. The van der Waals surface area contributed by atoms with Crippen LogP contribution in [0.1, 0.15) is 17.5 Å². The molecular weight excluding hydrogens is 202 g/mol. The zero-order chi connectivity index (χ0) is 13.0. The van der Waals surface area contributed by atoms with Gasteiger partial charge in [-0.1, -0.05) is 6.07 Å². The predicted octanol–water partition coefficient (Wildman–Crippen LogP) is 0.606. The van der Waals surface area contributed by atoms with E-state index in [1.54, 1.807) is 6.07 Å². The Kier molecular flexibility index (Phi) is 12.9. The summed E-state index contributed by atoms with van der Waals surface area (Å²) in [7, 11) is 4.50. The number of hydrogen-bond acceptors (Lipinski definition) is 4. The van der Waals surface area contributed by atoms with Crippen molar-refractivity contribution in [3.05, 3.63) is 29.3 Å². The normalized spacial score (nSPS) is 10.6. The first-order valence-corrected chi connectivity index (χ1v) is 5.40. The zero-order valence-corrected chi connectivity index (χ0v) is 10.5. The molecule has 0 radical (unpaired) electrons. The Hall–Kier alpha value is -1.10. The van der Waals surface area contributed by atoms with Gasteiger partial charge in [0.25, 0.3) is 0 Å². The molecule has 0 heterocycles. The van der Waals surface area contributed by atoms with Crippen molar-refractivity contribution in [2.45, 2.75) is 19.3 Å². The van der Waals surface area contributed by atoms with Crippen molar-refractivity contribution in [3.63, 3.8) is 0 Å². The topological polar surface area (TPSA) is 98.3 Å². The van der Waals surface area contributed by atoms with E-state index in [2.05, 4.69) is 17.2 Å². The maximum atomic E-state index is 9.10. The summed E-state index contributed by atoms with van der Waals surface area (Å²) in [4.78, 5) is 0. The lowest BCUT2D eigenvalue weighted by Crippen LogP contribution is -1.78. The van der Waals surface area contributed by atoms with E-state index in [9.17, 15) is 0 Å². The summed E-state index contributed by atoms with van der Waals surface area (Å²) in [6.45, 7) is 0. The van der Waals surface area contributed by atoms with Crippen molar-refractivity contribution in [2.75, 3.05) is 21.1 Å². The SMILES string of the molecule is CN.CN.CN.Oc1ccc2c(c1)CCC2.